The van der Waals surface area contributed by atoms with Crippen LogP contribution in [-0.2, 0) is 0 Å². The molecule has 7 heteroatoms. The summed E-state index contributed by atoms with van der Waals surface area (Å²) in [5, 5.41) is 0.443. The molecule has 0 bridgehead atoms. The number of carbonyl (C=O) groups excluding carboxylic acids is 1. The highest BCUT2D eigenvalue weighted by Crippen LogP contribution is 2.24. The van der Waals surface area contributed by atoms with Gasteiger partial charge in [0.15, 0.2) is 12.5 Å². The van der Waals surface area contributed by atoms with Crippen molar-refractivity contribution in [2.75, 3.05) is 73.0 Å². The van der Waals surface area contributed by atoms with Crippen LogP contribution in [0.5, 0.6) is 5.75 Å². The number of rotatable bonds is 7. The van der Waals surface area contributed by atoms with Crippen LogP contribution >= 0.6 is 11.6 Å². The van der Waals surface area contributed by atoms with Crippen LogP contribution in [-0.4, -0.2) is 105 Å². The molecule has 1 aromatic rings. The van der Waals surface area contributed by atoms with E-state index in [1.807, 2.05) is 6.07 Å². The molecule has 2 saturated heterocycles. The van der Waals surface area contributed by atoms with Gasteiger partial charge in [-0.05, 0) is 32.3 Å². The van der Waals surface area contributed by atoms with Crippen molar-refractivity contribution in [3.05, 3.63) is 28.8 Å². The van der Waals surface area contributed by atoms with E-state index in [4.69, 9.17) is 16.3 Å². The number of piperazine rings is 2. The summed E-state index contributed by atoms with van der Waals surface area (Å²) in [6, 6.07) is 5.32. The first-order valence-corrected chi connectivity index (χ1v) is 10.2. The van der Waals surface area contributed by atoms with Crippen molar-refractivity contribution in [1.82, 2.24) is 19.6 Å². The predicted molar refractivity (Wildman–Crippen MR) is 109 cm³/mol. The maximum atomic E-state index is 11.0. The maximum Gasteiger partial charge on any atom is 0.153 e. The number of carbonyl (C=O) groups is 1. The highest BCUT2D eigenvalue weighted by atomic mass is 35.5. The molecule has 2 aliphatic rings. The molecule has 0 N–H and O–H groups in total. The van der Waals surface area contributed by atoms with Gasteiger partial charge >= 0.3 is 0 Å². The summed E-state index contributed by atoms with van der Waals surface area (Å²) in [7, 11) is 4.34. The number of hydrogen-bond donors (Lipinski definition) is 0. The Balaban J connectivity index is 1.63. The minimum Gasteiger partial charge on any atom is -0.475 e. The molecule has 150 valence electrons. The molecular formula is C20H31ClN4O2. The molecular weight excluding hydrogens is 364 g/mol. The number of nitrogens with zero attached hydrogens (tertiary/aromatic N) is 4. The van der Waals surface area contributed by atoms with Crippen LogP contribution in [0.1, 0.15) is 16.8 Å². The number of hydrogen-bond acceptors (Lipinski definition) is 6. The molecule has 3 rings (SSSR count). The molecule has 0 radical (unpaired) electrons. The standard InChI is InChI=1S/C20H31ClN4O2/c1-22-7-11-24(12-8-22)6-5-20(25-13-9-23(2)10-14-25)27-18-4-3-17(16-26)19(21)15-18/h3-4,15-16,20H,5-14H2,1-2H3. The molecule has 0 aliphatic carbocycles. The van der Waals surface area contributed by atoms with E-state index in [0.717, 1.165) is 77.4 Å². The zero-order valence-electron chi connectivity index (χ0n) is 16.4. The summed E-state index contributed by atoms with van der Waals surface area (Å²) in [5.41, 5.74) is 0.498. The lowest BCUT2D eigenvalue weighted by molar-refractivity contribution is -0.0154. The van der Waals surface area contributed by atoms with Crippen LogP contribution in [0.3, 0.4) is 0 Å². The van der Waals surface area contributed by atoms with Crippen molar-refractivity contribution >= 4 is 17.9 Å². The minimum atomic E-state index is 0.0245. The Labute approximate surface area is 167 Å². The lowest BCUT2D eigenvalue weighted by atomic mass is 10.2. The highest BCUT2D eigenvalue weighted by Gasteiger charge is 2.25. The normalized spacial score (nSPS) is 21.9. The van der Waals surface area contributed by atoms with E-state index in [0.29, 0.717) is 10.6 Å². The first-order valence-electron chi connectivity index (χ1n) is 9.80. The second-order valence-electron chi connectivity index (χ2n) is 7.65. The van der Waals surface area contributed by atoms with E-state index < -0.39 is 0 Å². The van der Waals surface area contributed by atoms with Gasteiger partial charge in [0, 0.05) is 70.9 Å². The average molecular weight is 395 g/mol. The number of likely N-dealkylation sites (N-methyl/N-ethyl adjacent to an activating group) is 2. The van der Waals surface area contributed by atoms with Gasteiger partial charge in [-0.2, -0.15) is 0 Å². The molecule has 0 spiro atoms. The predicted octanol–water partition coefficient (Wildman–Crippen LogP) is 1.74. The fraction of sp³-hybridized carbons (Fsp3) is 0.650. The molecule has 2 fully saturated rings. The van der Waals surface area contributed by atoms with Gasteiger partial charge in [0.1, 0.15) is 5.75 Å². The fourth-order valence-corrected chi connectivity index (χ4v) is 3.84. The van der Waals surface area contributed by atoms with E-state index in [-0.39, 0.29) is 6.23 Å². The van der Waals surface area contributed by atoms with Gasteiger partial charge < -0.3 is 19.4 Å². The number of halogens is 1. The van der Waals surface area contributed by atoms with Crippen molar-refractivity contribution < 1.29 is 9.53 Å². The smallest absolute Gasteiger partial charge is 0.153 e. The number of ether oxygens (including phenoxy) is 1. The van der Waals surface area contributed by atoms with Crippen molar-refractivity contribution in [2.45, 2.75) is 12.6 Å². The Hall–Kier alpha value is -1.18. The van der Waals surface area contributed by atoms with Gasteiger partial charge in [-0.3, -0.25) is 9.69 Å². The second-order valence-corrected chi connectivity index (χ2v) is 8.05. The van der Waals surface area contributed by atoms with Crippen molar-refractivity contribution in [3.8, 4) is 5.75 Å². The summed E-state index contributed by atoms with van der Waals surface area (Å²) in [4.78, 5) is 20.7. The summed E-state index contributed by atoms with van der Waals surface area (Å²) >= 11 is 6.19. The van der Waals surface area contributed by atoms with Crippen LogP contribution in [0.2, 0.25) is 5.02 Å². The molecule has 0 aromatic heterocycles. The molecule has 1 aromatic carbocycles. The van der Waals surface area contributed by atoms with Gasteiger partial charge in [0.2, 0.25) is 0 Å². The van der Waals surface area contributed by atoms with Gasteiger partial charge in [-0.25, -0.2) is 0 Å². The lowest BCUT2D eigenvalue weighted by Crippen LogP contribution is -2.52. The van der Waals surface area contributed by atoms with Crippen molar-refractivity contribution in [2.24, 2.45) is 0 Å². The third-order valence-corrected chi connectivity index (χ3v) is 5.93. The Morgan fingerprint density at radius 2 is 1.67 bits per heavy atom. The summed E-state index contributed by atoms with van der Waals surface area (Å²) in [6.45, 7) is 9.64. The topological polar surface area (TPSA) is 39.3 Å². The van der Waals surface area contributed by atoms with E-state index in [2.05, 4.69) is 33.7 Å². The Morgan fingerprint density at radius 1 is 1.04 bits per heavy atom. The van der Waals surface area contributed by atoms with E-state index in [1.165, 1.54) is 0 Å². The van der Waals surface area contributed by atoms with Crippen molar-refractivity contribution in [1.29, 1.82) is 0 Å². The van der Waals surface area contributed by atoms with Crippen LogP contribution in [0.15, 0.2) is 18.2 Å². The maximum absolute atomic E-state index is 11.0. The SMILES string of the molecule is CN1CCN(CCC(Oc2ccc(C=O)c(Cl)c2)N2CCN(C)CC2)CC1. The van der Waals surface area contributed by atoms with Crippen LogP contribution in [0.4, 0.5) is 0 Å². The van der Waals surface area contributed by atoms with Gasteiger partial charge in [-0.1, -0.05) is 11.6 Å². The van der Waals surface area contributed by atoms with Crippen molar-refractivity contribution in [3.63, 3.8) is 0 Å². The molecule has 27 heavy (non-hydrogen) atoms. The molecule has 2 heterocycles. The molecule has 1 atom stereocenters. The molecule has 0 saturated carbocycles. The zero-order chi connectivity index (χ0) is 19.2. The quantitative estimate of drug-likeness (QED) is 0.656. The number of aldehydes is 1. The zero-order valence-corrected chi connectivity index (χ0v) is 17.2. The summed E-state index contributed by atoms with van der Waals surface area (Å²) in [5.74, 6) is 0.730. The first kappa shape index (κ1) is 20.6. The number of benzene rings is 1. The third kappa shape index (κ3) is 5.90. The van der Waals surface area contributed by atoms with Crippen LogP contribution in [0.25, 0.3) is 0 Å². The lowest BCUT2D eigenvalue weighted by Gasteiger charge is -2.39. The summed E-state index contributed by atoms with van der Waals surface area (Å²) in [6.07, 6.45) is 1.76. The largest absolute Gasteiger partial charge is 0.475 e. The van der Waals surface area contributed by atoms with Gasteiger partial charge in [-0.15, -0.1) is 0 Å². The molecule has 0 amide bonds. The monoisotopic (exact) mass is 394 g/mol. The molecule has 6 nitrogen and oxygen atoms in total. The fourth-order valence-electron chi connectivity index (χ4n) is 3.62. The average Bonchev–Trinajstić information content (AvgIpc) is 2.67. The Morgan fingerprint density at radius 3 is 2.26 bits per heavy atom. The Kier molecular flexibility index (Phi) is 7.49. The van der Waals surface area contributed by atoms with Gasteiger partial charge in [0.05, 0.1) is 5.02 Å². The van der Waals surface area contributed by atoms with Crippen LogP contribution in [0, 0.1) is 0 Å². The molecule has 2 aliphatic heterocycles. The second kappa shape index (κ2) is 9.85. The first-order chi connectivity index (χ1) is 13.0. The van der Waals surface area contributed by atoms with E-state index in [9.17, 15) is 4.79 Å². The summed E-state index contributed by atoms with van der Waals surface area (Å²) < 4.78 is 6.35. The Bertz CT molecular complexity index is 614. The van der Waals surface area contributed by atoms with E-state index >= 15 is 0 Å². The van der Waals surface area contributed by atoms with Crippen LogP contribution < -0.4 is 4.74 Å². The van der Waals surface area contributed by atoms with Gasteiger partial charge in [0.25, 0.3) is 0 Å². The third-order valence-electron chi connectivity index (χ3n) is 5.60. The van der Waals surface area contributed by atoms with E-state index in [1.54, 1.807) is 12.1 Å². The molecule has 1 unspecified atom stereocenters. The highest BCUT2D eigenvalue weighted by molar-refractivity contribution is 6.33. The minimum absolute atomic E-state index is 0.0245.